The summed E-state index contributed by atoms with van der Waals surface area (Å²) >= 11 is 0. The second-order valence-electron chi connectivity index (χ2n) is 8.74. The summed E-state index contributed by atoms with van der Waals surface area (Å²) < 4.78 is 5.94. The molecule has 1 saturated heterocycles. The number of piperidine rings is 1. The van der Waals surface area contributed by atoms with Gasteiger partial charge in [0.25, 0.3) is 0 Å². The largest absolute Gasteiger partial charge is 0.504 e. The number of nitrogens with zero attached hydrogens (tertiary/aromatic N) is 1. The van der Waals surface area contributed by atoms with E-state index in [1.807, 2.05) is 13.1 Å². The Kier molecular flexibility index (Phi) is 4.50. The molecule has 4 aliphatic rings. The fourth-order valence-electron chi connectivity index (χ4n) is 5.54. The number of Topliss-reactive ketones (excluding diaryl/α,β-unsaturated/α-hetero) is 1. The minimum atomic E-state index is -0.954. The number of ether oxygens (including phenoxy) is 1. The van der Waals surface area contributed by atoms with Crippen molar-refractivity contribution in [1.29, 1.82) is 0 Å². The number of aliphatic hydroxyl groups is 3. The van der Waals surface area contributed by atoms with Crippen molar-refractivity contribution in [1.82, 2.24) is 4.90 Å². The summed E-state index contributed by atoms with van der Waals surface area (Å²) in [5.41, 5.74) is 0.370. The summed E-state index contributed by atoms with van der Waals surface area (Å²) in [6.07, 6.45) is 0.421. The average molecular weight is 391 g/mol. The van der Waals surface area contributed by atoms with Gasteiger partial charge in [-0.3, -0.25) is 4.79 Å². The first kappa shape index (κ1) is 19.6. The van der Waals surface area contributed by atoms with Gasteiger partial charge in [0, 0.05) is 18.0 Å². The minimum absolute atomic E-state index is 0.00319. The van der Waals surface area contributed by atoms with Crippen LogP contribution < -0.4 is 4.74 Å². The third-order valence-electron chi connectivity index (χ3n) is 7.22. The van der Waals surface area contributed by atoms with E-state index in [1.165, 1.54) is 0 Å². The summed E-state index contributed by atoms with van der Waals surface area (Å²) in [6, 6.07) is 3.57. The quantitative estimate of drug-likeness (QED) is 0.552. The van der Waals surface area contributed by atoms with Crippen molar-refractivity contribution in [3.05, 3.63) is 23.3 Å². The molecule has 0 radical (unpaired) electrons. The Balaban J connectivity index is 0.000000283. The zero-order valence-electron chi connectivity index (χ0n) is 16.6. The third-order valence-corrected chi connectivity index (χ3v) is 7.22. The lowest BCUT2D eigenvalue weighted by molar-refractivity contribution is -0.185. The van der Waals surface area contributed by atoms with E-state index >= 15 is 0 Å². The number of aromatic hydroxyl groups is 1. The normalized spacial score (nSPS) is 37.3. The number of phenolic OH excluding ortho intramolecular Hbond substituents is 1. The number of hydrogen-bond acceptors (Lipinski definition) is 7. The van der Waals surface area contributed by atoms with E-state index in [4.69, 9.17) is 14.9 Å². The van der Waals surface area contributed by atoms with E-state index in [1.54, 1.807) is 19.9 Å². The van der Waals surface area contributed by atoms with Crippen molar-refractivity contribution >= 4 is 5.78 Å². The summed E-state index contributed by atoms with van der Waals surface area (Å²) in [7, 11) is 2.04. The van der Waals surface area contributed by atoms with Gasteiger partial charge in [0.2, 0.25) is 0 Å². The van der Waals surface area contributed by atoms with Crippen LogP contribution in [0.15, 0.2) is 12.1 Å². The molecule has 7 heteroatoms. The lowest BCUT2D eigenvalue weighted by Gasteiger charge is -2.61. The van der Waals surface area contributed by atoms with Crippen LogP contribution in [0.2, 0.25) is 0 Å². The molecule has 0 aromatic heterocycles. The molecule has 2 aliphatic carbocycles. The summed E-state index contributed by atoms with van der Waals surface area (Å²) in [4.78, 5) is 14.7. The van der Waals surface area contributed by atoms with Crippen molar-refractivity contribution in [2.24, 2.45) is 0 Å². The van der Waals surface area contributed by atoms with Gasteiger partial charge < -0.3 is 30.1 Å². The Hall–Kier alpha value is -1.67. The maximum absolute atomic E-state index is 12.5. The van der Waals surface area contributed by atoms with E-state index in [-0.39, 0.29) is 17.6 Å². The fourth-order valence-corrected chi connectivity index (χ4v) is 5.54. The first-order valence-corrected chi connectivity index (χ1v) is 9.97. The van der Waals surface area contributed by atoms with Gasteiger partial charge in [-0.15, -0.1) is 0 Å². The molecule has 0 amide bonds. The molecule has 7 nitrogen and oxygen atoms in total. The van der Waals surface area contributed by atoms with E-state index in [2.05, 4.69) is 4.90 Å². The van der Waals surface area contributed by atoms with Crippen molar-refractivity contribution < 1.29 is 30.0 Å². The Morgan fingerprint density at radius 3 is 2.54 bits per heavy atom. The lowest BCUT2D eigenvalue weighted by atomic mass is 9.49. The number of carbonyl (C=O) groups is 1. The lowest BCUT2D eigenvalue weighted by Crippen LogP contribution is -2.76. The number of carbonyl (C=O) groups excluding carboxylic acids is 1. The van der Waals surface area contributed by atoms with Gasteiger partial charge in [0.05, 0.1) is 23.2 Å². The molecular weight excluding hydrogens is 362 g/mol. The monoisotopic (exact) mass is 391 g/mol. The number of benzene rings is 1. The van der Waals surface area contributed by atoms with Crippen molar-refractivity contribution in [3.8, 4) is 11.5 Å². The second kappa shape index (κ2) is 6.42. The van der Waals surface area contributed by atoms with Crippen LogP contribution in [-0.2, 0) is 16.6 Å². The highest BCUT2D eigenvalue weighted by molar-refractivity contribution is 5.90. The van der Waals surface area contributed by atoms with Crippen LogP contribution in [0.1, 0.15) is 44.2 Å². The standard InChI is InChI=1S/C17H19NO4.C4H10O2/c1-18-7-6-16-13-9-2-3-10(19)14(13)22-15(16)11(20)4-5-17(16,21)12(18)8-9;1-3(5)4(2)6/h2-3,12,15,19,21H,4-8H2,1H3;3-6H,1-2H3/t12-,15+,16+,17-;/m1./s1. The SMILES string of the molecule is CC(O)C(C)O.CN1CC[C@]23c4c5ccc(O)c4O[C@H]2C(=O)CC[C@@]3(O)[C@H]1C5. The summed E-state index contributed by atoms with van der Waals surface area (Å²) in [5, 5.41) is 38.6. The number of likely N-dealkylation sites (N-methyl/N-ethyl adjacent to an activating group) is 1. The number of phenols is 1. The molecule has 2 fully saturated rings. The highest BCUT2D eigenvalue weighted by Gasteiger charge is 2.72. The Morgan fingerprint density at radius 2 is 1.89 bits per heavy atom. The number of ketones is 1. The smallest absolute Gasteiger partial charge is 0.174 e. The molecule has 6 atom stereocenters. The highest BCUT2D eigenvalue weighted by atomic mass is 16.5. The first-order chi connectivity index (χ1) is 13.1. The zero-order chi connectivity index (χ0) is 20.4. The van der Waals surface area contributed by atoms with E-state index in [0.29, 0.717) is 25.0 Å². The maximum Gasteiger partial charge on any atom is 0.174 e. The van der Waals surface area contributed by atoms with Gasteiger partial charge in [-0.1, -0.05) is 6.07 Å². The second-order valence-corrected chi connectivity index (χ2v) is 8.74. The van der Waals surface area contributed by atoms with Crippen molar-refractivity contribution in [3.63, 3.8) is 0 Å². The van der Waals surface area contributed by atoms with Crippen LogP contribution in [-0.4, -0.2) is 74.7 Å². The maximum atomic E-state index is 12.5. The molecule has 4 N–H and O–H groups in total. The van der Waals surface area contributed by atoms with Crippen LogP contribution in [0.3, 0.4) is 0 Å². The molecule has 1 aromatic carbocycles. The first-order valence-electron chi connectivity index (χ1n) is 9.97. The molecule has 1 saturated carbocycles. The average Bonchev–Trinajstić information content (AvgIpc) is 3.00. The fraction of sp³-hybridized carbons (Fsp3) is 0.667. The number of hydrogen-bond donors (Lipinski definition) is 4. The van der Waals surface area contributed by atoms with Crippen molar-refractivity contribution in [2.45, 2.75) is 74.9 Å². The molecule has 2 unspecified atom stereocenters. The zero-order valence-corrected chi connectivity index (χ0v) is 16.6. The molecule has 2 heterocycles. The van der Waals surface area contributed by atoms with Gasteiger partial charge in [-0.2, -0.15) is 0 Å². The third kappa shape index (κ3) is 2.40. The summed E-state index contributed by atoms with van der Waals surface area (Å²) in [6.45, 7) is 3.92. The van der Waals surface area contributed by atoms with Crippen LogP contribution in [0.25, 0.3) is 0 Å². The molecule has 1 spiro atoms. The van der Waals surface area contributed by atoms with Crippen LogP contribution in [0, 0.1) is 0 Å². The molecule has 2 bridgehead atoms. The number of likely N-dealkylation sites (tertiary alicyclic amines) is 1. The van der Waals surface area contributed by atoms with Gasteiger partial charge in [0.15, 0.2) is 23.4 Å². The summed E-state index contributed by atoms with van der Waals surface area (Å²) in [5.74, 6) is 0.561. The van der Waals surface area contributed by atoms with Gasteiger partial charge in [-0.25, -0.2) is 0 Å². The van der Waals surface area contributed by atoms with Gasteiger partial charge in [0.1, 0.15) is 0 Å². The topological polar surface area (TPSA) is 110 Å². The molecular formula is C21H29NO6. The Morgan fingerprint density at radius 1 is 1.21 bits per heavy atom. The molecule has 2 aliphatic heterocycles. The van der Waals surface area contributed by atoms with Gasteiger partial charge in [-0.05, 0) is 58.3 Å². The van der Waals surface area contributed by atoms with Crippen LogP contribution in [0.4, 0.5) is 0 Å². The molecule has 154 valence electrons. The molecule has 5 rings (SSSR count). The predicted molar refractivity (Wildman–Crippen MR) is 101 cm³/mol. The van der Waals surface area contributed by atoms with Gasteiger partial charge >= 0.3 is 0 Å². The van der Waals surface area contributed by atoms with E-state index in [9.17, 15) is 15.0 Å². The number of aliphatic hydroxyl groups excluding tert-OH is 2. The predicted octanol–water partition coefficient (Wildman–Crippen LogP) is 0.493. The Labute approximate surface area is 164 Å². The highest BCUT2D eigenvalue weighted by Crippen LogP contribution is 2.64. The molecule has 1 aromatic rings. The minimum Gasteiger partial charge on any atom is -0.504 e. The Bertz CT molecular complexity index is 802. The van der Waals surface area contributed by atoms with Crippen LogP contribution >= 0.6 is 0 Å². The van der Waals surface area contributed by atoms with E-state index in [0.717, 1.165) is 24.1 Å². The van der Waals surface area contributed by atoms with E-state index < -0.39 is 29.3 Å². The van der Waals surface area contributed by atoms with Crippen LogP contribution in [0.5, 0.6) is 11.5 Å². The van der Waals surface area contributed by atoms with Crippen molar-refractivity contribution in [2.75, 3.05) is 13.6 Å². The molecule has 28 heavy (non-hydrogen) atoms. The number of rotatable bonds is 1.